The second kappa shape index (κ2) is 5.21. The third kappa shape index (κ3) is 2.71. The number of carbonyl (C=O) groups excluding carboxylic acids is 1. The number of hydrogen-bond acceptors (Lipinski definition) is 1. The fourth-order valence-corrected chi connectivity index (χ4v) is 2.73. The Morgan fingerprint density at radius 2 is 2.29 bits per heavy atom. The van der Waals surface area contributed by atoms with Crippen LogP contribution in [0.2, 0.25) is 0 Å². The number of benzene rings is 1. The van der Waals surface area contributed by atoms with E-state index in [9.17, 15) is 4.79 Å². The van der Waals surface area contributed by atoms with E-state index in [0.717, 1.165) is 25.1 Å². The van der Waals surface area contributed by atoms with Gasteiger partial charge in [-0.25, -0.2) is 0 Å². The van der Waals surface area contributed by atoms with Gasteiger partial charge in [-0.3, -0.25) is 4.79 Å². The van der Waals surface area contributed by atoms with Gasteiger partial charge >= 0.3 is 0 Å². The number of hydrogen-bond donors (Lipinski definition) is 0. The summed E-state index contributed by atoms with van der Waals surface area (Å²) in [6, 6.07) is 6.48. The van der Waals surface area contributed by atoms with Gasteiger partial charge in [0, 0.05) is 23.5 Å². The maximum absolute atomic E-state index is 11.8. The van der Waals surface area contributed by atoms with Gasteiger partial charge in [0.05, 0.1) is 0 Å². The Bertz CT molecular complexity index is 428. The van der Waals surface area contributed by atoms with Gasteiger partial charge in [-0.1, -0.05) is 41.9 Å². The lowest BCUT2D eigenvalue weighted by molar-refractivity contribution is -0.118. The third-order valence-electron chi connectivity index (χ3n) is 3.16. The standard InChI is InChI=1S/C14H18BrNO/c1-3-14(17)16-7-6-12-9-11(8-10(2)15)4-5-13(12)16/h4-5,9-10H,3,6-8H2,1-2H3. The van der Waals surface area contributed by atoms with Crippen molar-refractivity contribution < 1.29 is 4.79 Å². The molecule has 1 aromatic rings. The Hall–Kier alpha value is -0.830. The van der Waals surface area contributed by atoms with E-state index in [2.05, 4.69) is 41.1 Å². The van der Waals surface area contributed by atoms with Crippen molar-refractivity contribution in [2.75, 3.05) is 11.4 Å². The van der Waals surface area contributed by atoms with Crippen LogP contribution in [0.3, 0.4) is 0 Å². The highest BCUT2D eigenvalue weighted by Crippen LogP contribution is 2.30. The molecular weight excluding hydrogens is 278 g/mol. The minimum Gasteiger partial charge on any atom is -0.312 e. The van der Waals surface area contributed by atoms with Crippen molar-refractivity contribution in [1.29, 1.82) is 0 Å². The summed E-state index contributed by atoms with van der Waals surface area (Å²) in [7, 11) is 0. The molecule has 2 rings (SSSR count). The number of amides is 1. The van der Waals surface area contributed by atoms with Crippen molar-refractivity contribution in [3.8, 4) is 0 Å². The summed E-state index contributed by atoms with van der Waals surface area (Å²) in [6.07, 6.45) is 2.61. The molecule has 0 aromatic heterocycles. The summed E-state index contributed by atoms with van der Waals surface area (Å²) in [5.41, 5.74) is 3.78. The monoisotopic (exact) mass is 295 g/mol. The molecule has 0 saturated heterocycles. The Balaban J connectivity index is 2.22. The molecule has 17 heavy (non-hydrogen) atoms. The number of halogens is 1. The van der Waals surface area contributed by atoms with E-state index in [1.54, 1.807) is 0 Å². The lowest BCUT2D eigenvalue weighted by Crippen LogP contribution is -2.27. The van der Waals surface area contributed by atoms with Crippen LogP contribution >= 0.6 is 15.9 Å². The molecule has 0 saturated carbocycles. The van der Waals surface area contributed by atoms with Crippen molar-refractivity contribution in [3.63, 3.8) is 0 Å². The van der Waals surface area contributed by atoms with Crippen LogP contribution in [0.1, 0.15) is 31.4 Å². The molecule has 1 amide bonds. The summed E-state index contributed by atoms with van der Waals surface area (Å²) in [5.74, 6) is 0.227. The molecule has 1 aliphatic heterocycles. The highest BCUT2D eigenvalue weighted by Gasteiger charge is 2.23. The van der Waals surface area contributed by atoms with Crippen LogP contribution < -0.4 is 4.90 Å². The average Bonchev–Trinajstić information content (AvgIpc) is 2.70. The lowest BCUT2D eigenvalue weighted by atomic mass is 10.0. The zero-order chi connectivity index (χ0) is 12.4. The van der Waals surface area contributed by atoms with E-state index in [0.29, 0.717) is 11.2 Å². The van der Waals surface area contributed by atoms with Crippen LogP contribution in [-0.2, 0) is 17.6 Å². The molecule has 92 valence electrons. The quantitative estimate of drug-likeness (QED) is 0.784. The predicted molar refractivity (Wildman–Crippen MR) is 74.9 cm³/mol. The van der Waals surface area contributed by atoms with Crippen LogP contribution in [0.4, 0.5) is 5.69 Å². The number of nitrogens with zero attached hydrogens (tertiary/aromatic N) is 1. The first-order valence-electron chi connectivity index (χ1n) is 6.18. The molecule has 0 N–H and O–H groups in total. The molecule has 0 spiro atoms. The predicted octanol–water partition coefficient (Wildman–Crippen LogP) is 3.31. The average molecular weight is 296 g/mol. The Kier molecular flexibility index (Phi) is 3.87. The van der Waals surface area contributed by atoms with Gasteiger partial charge in [0.25, 0.3) is 0 Å². The molecule has 2 nitrogen and oxygen atoms in total. The molecule has 0 aliphatic carbocycles. The van der Waals surface area contributed by atoms with Gasteiger partial charge in [-0.2, -0.15) is 0 Å². The number of rotatable bonds is 3. The summed E-state index contributed by atoms with van der Waals surface area (Å²) in [6.45, 7) is 4.91. The van der Waals surface area contributed by atoms with Crippen molar-refractivity contribution in [2.24, 2.45) is 0 Å². The highest BCUT2D eigenvalue weighted by molar-refractivity contribution is 9.09. The molecule has 0 radical (unpaired) electrons. The molecule has 1 heterocycles. The maximum Gasteiger partial charge on any atom is 0.226 e. The molecule has 3 heteroatoms. The minimum absolute atomic E-state index is 0.227. The lowest BCUT2D eigenvalue weighted by Gasteiger charge is -2.16. The Morgan fingerprint density at radius 3 is 2.94 bits per heavy atom. The van der Waals surface area contributed by atoms with Gasteiger partial charge < -0.3 is 4.90 Å². The smallest absolute Gasteiger partial charge is 0.226 e. The molecule has 0 bridgehead atoms. The summed E-state index contributed by atoms with van der Waals surface area (Å²) in [5, 5.41) is 0. The molecular formula is C14H18BrNO. The summed E-state index contributed by atoms with van der Waals surface area (Å²) >= 11 is 3.57. The minimum atomic E-state index is 0.227. The van der Waals surface area contributed by atoms with Crippen LogP contribution in [0.25, 0.3) is 0 Å². The van der Waals surface area contributed by atoms with Crippen LogP contribution in [0, 0.1) is 0 Å². The fourth-order valence-electron chi connectivity index (χ4n) is 2.36. The second-order valence-electron chi connectivity index (χ2n) is 4.60. The first kappa shape index (κ1) is 12.6. The summed E-state index contributed by atoms with van der Waals surface area (Å²) < 4.78 is 0. The first-order chi connectivity index (χ1) is 8.11. The second-order valence-corrected chi connectivity index (χ2v) is 6.16. The largest absolute Gasteiger partial charge is 0.312 e. The van der Waals surface area contributed by atoms with E-state index in [1.807, 2.05) is 11.8 Å². The van der Waals surface area contributed by atoms with Crippen molar-refractivity contribution in [3.05, 3.63) is 29.3 Å². The number of carbonyl (C=O) groups is 1. The zero-order valence-electron chi connectivity index (χ0n) is 10.4. The molecule has 1 aromatic carbocycles. The van der Waals surface area contributed by atoms with Crippen LogP contribution in [0.5, 0.6) is 0 Å². The molecule has 1 unspecified atom stereocenters. The van der Waals surface area contributed by atoms with Crippen molar-refractivity contribution in [1.82, 2.24) is 0 Å². The highest BCUT2D eigenvalue weighted by atomic mass is 79.9. The third-order valence-corrected chi connectivity index (χ3v) is 3.48. The molecule has 1 aliphatic rings. The van der Waals surface area contributed by atoms with Crippen LogP contribution in [-0.4, -0.2) is 17.3 Å². The van der Waals surface area contributed by atoms with Crippen molar-refractivity contribution >= 4 is 27.5 Å². The zero-order valence-corrected chi connectivity index (χ0v) is 12.0. The van der Waals surface area contributed by atoms with Gasteiger partial charge in [0.2, 0.25) is 5.91 Å². The van der Waals surface area contributed by atoms with Crippen LogP contribution in [0.15, 0.2) is 18.2 Å². The van der Waals surface area contributed by atoms with Crippen molar-refractivity contribution in [2.45, 2.75) is 37.9 Å². The normalized spacial score (nSPS) is 15.8. The van der Waals surface area contributed by atoms with E-state index in [-0.39, 0.29) is 5.91 Å². The summed E-state index contributed by atoms with van der Waals surface area (Å²) in [4.78, 5) is 14.2. The van der Waals surface area contributed by atoms with Gasteiger partial charge in [-0.05, 0) is 30.0 Å². The van der Waals surface area contributed by atoms with Gasteiger partial charge in [-0.15, -0.1) is 0 Å². The first-order valence-corrected chi connectivity index (χ1v) is 7.09. The van der Waals surface area contributed by atoms with E-state index in [1.165, 1.54) is 11.1 Å². The van der Waals surface area contributed by atoms with E-state index in [4.69, 9.17) is 0 Å². The van der Waals surface area contributed by atoms with Gasteiger partial charge in [0.15, 0.2) is 0 Å². The number of alkyl halides is 1. The number of fused-ring (bicyclic) bond motifs is 1. The molecule has 1 atom stereocenters. The van der Waals surface area contributed by atoms with Gasteiger partial charge in [0.1, 0.15) is 0 Å². The number of anilines is 1. The maximum atomic E-state index is 11.8. The topological polar surface area (TPSA) is 20.3 Å². The Labute approximate surface area is 111 Å². The Morgan fingerprint density at radius 1 is 1.53 bits per heavy atom. The van der Waals surface area contributed by atoms with E-state index >= 15 is 0 Å². The molecule has 0 fully saturated rings. The SMILES string of the molecule is CCC(=O)N1CCc2cc(CC(C)Br)ccc21. The van der Waals surface area contributed by atoms with E-state index < -0.39 is 0 Å². The fraction of sp³-hybridized carbons (Fsp3) is 0.500.